The molecule has 0 fully saturated rings. The molecule has 1 aromatic rings. The fraction of sp³-hybridized carbons (Fsp3) is 0.364. The minimum atomic E-state index is -4.06. The van der Waals surface area contributed by atoms with E-state index in [1.54, 1.807) is 6.42 Å². The average molecular weight is 201 g/mol. The van der Waals surface area contributed by atoms with Gasteiger partial charge >= 0.3 is 6.18 Å². The Morgan fingerprint density at radius 1 is 1.29 bits per heavy atom. The van der Waals surface area contributed by atoms with E-state index in [-0.39, 0.29) is 6.42 Å². The van der Waals surface area contributed by atoms with Gasteiger partial charge in [-0.3, -0.25) is 0 Å². The van der Waals surface area contributed by atoms with Crippen LogP contribution in [-0.2, 0) is 0 Å². The molecule has 0 aliphatic carbocycles. The molecule has 0 amide bonds. The fourth-order valence-corrected chi connectivity index (χ4v) is 1.20. The van der Waals surface area contributed by atoms with Gasteiger partial charge in [-0.2, -0.15) is 13.2 Å². The van der Waals surface area contributed by atoms with E-state index in [9.17, 15) is 13.2 Å². The van der Waals surface area contributed by atoms with Crippen molar-refractivity contribution in [2.24, 2.45) is 0 Å². The number of halogens is 3. The van der Waals surface area contributed by atoms with Gasteiger partial charge in [-0.1, -0.05) is 29.8 Å². The zero-order valence-corrected chi connectivity index (χ0v) is 7.93. The van der Waals surface area contributed by atoms with Gasteiger partial charge in [-0.25, -0.2) is 0 Å². The van der Waals surface area contributed by atoms with E-state index < -0.39 is 12.6 Å². The predicted molar refractivity (Wildman–Crippen MR) is 49.9 cm³/mol. The van der Waals surface area contributed by atoms with Gasteiger partial charge < -0.3 is 0 Å². The Bertz CT molecular complexity index is 289. The SMILES string of the molecule is Cc1cccc([CH]CCC(F)(F)F)c1. The lowest BCUT2D eigenvalue weighted by molar-refractivity contribution is -0.134. The van der Waals surface area contributed by atoms with Gasteiger partial charge in [-0.15, -0.1) is 0 Å². The van der Waals surface area contributed by atoms with E-state index in [1.165, 1.54) is 0 Å². The summed E-state index contributed by atoms with van der Waals surface area (Å²) in [7, 11) is 0. The first-order valence-corrected chi connectivity index (χ1v) is 4.44. The summed E-state index contributed by atoms with van der Waals surface area (Å²) in [5.74, 6) is 0. The molecule has 3 heteroatoms. The third-order valence-electron chi connectivity index (χ3n) is 1.85. The van der Waals surface area contributed by atoms with Gasteiger partial charge in [0.15, 0.2) is 0 Å². The molecular weight excluding hydrogens is 189 g/mol. The van der Waals surface area contributed by atoms with Crippen LogP contribution in [0.25, 0.3) is 0 Å². The molecule has 0 heterocycles. The molecule has 0 saturated carbocycles. The topological polar surface area (TPSA) is 0 Å². The van der Waals surface area contributed by atoms with Crippen LogP contribution in [0.15, 0.2) is 24.3 Å². The van der Waals surface area contributed by atoms with Gasteiger partial charge in [0.25, 0.3) is 0 Å². The molecular formula is C11H12F3. The molecule has 0 spiro atoms. The smallest absolute Gasteiger partial charge is 0.171 e. The van der Waals surface area contributed by atoms with Crippen LogP contribution < -0.4 is 0 Å². The number of hydrogen-bond donors (Lipinski definition) is 0. The predicted octanol–water partition coefficient (Wildman–Crippen LogP) is 3.89. The third-order valence-corrected chi connectivity index (χ3v) is 1.85. The normalized spacial score (nSPS) is 11.7. The van der Waals surface area contributed by atoms with Crippen LogP contribution in [0, 0.1) is 13.3 Å². The van der Waals surface area contributed by atoms with E-state index >= 15 is 0 Å². The molecule has 0 nitrogen and oxygen atoms in total. The lowest BCUT2D eigenvalue weighted by Crippen LogP contribution is -2.06. The van der Waals surface area contributed by atoms with Gasteiger partial charge in [0.2, 0.25) is 0 Å². The highest BCUT2D eigenvalue weighted by Crippen LogP contribution is 2.23. The van der Waals surface area contributed by atoms with E-state index in [1.807, 2.05) is 31.2 Å². The number of benzene rings is 1. The van der Waals surface area contributed by atoms with Crippen LogP contribution in [-0.4, -0.2) is 6.18 Å². The van der Waals surface area contributed by atoms with Crippen LogP contribution in [0.2, 0.25) is 0 Å². The quantitative estimate of drug-likeness (QED) is 0.696. The second-order valence-electron chi connectivity index (χ2n) is 3.27. The average Bonchev–Trinajstić information content (AvgIpc) is 2.01. The Balaban J connectivity index is 2.39. The molecule has 1 radical (unpaired) electrons. The highest BCUT2D eigenvalue weighted by Gasteiger charge is 2.25. The summed E-state index contributed by atoms with van der Waals surface area (Å²) in [6.07, 6.45) is -3.14. The van der Waals surface area contributed by atoms with Crippen LogP contribution in [0.4, 0.5) is 13.2 Å². The summed E-state index contributed by atoms with van der Waals surface area (Å²) >= 11 is 0. The first-order chi connectivity index (χ1) is 6.47. The summed E-state index contributed by atoms with van der Waals surface area (Å²) in [4.78, 5) is 0. The molecule has 1 aromatic carbocycles. The van der Waals surface area contributed by atoms with Crippen molar-refractivity contribution in [2.45, 2.75) is 25.9 Å². The lowest BCUT2D eigenvalue weighted by Gasteiger charge is -2.05. The molecule has 1 rings (SSSR count). The van der Waals surface area contributed by atoms with E-state index in [0.29, 0.717) is 0 Å². The maximum absolute atomic E-state index is 11.8. The highest BCUT2D eigenvalue weighted by molar-refractivity contribution is 5.27. The summed E-state index contributed by atoms with van der Waals surface area (Å²) < 4.78 is 35.5. The number of aryl methyl sites for hydroxylation is 1. The van der Waals surface area contributed by atoms with Crippen molar-refractivity contribution < 1.29 is 13.2 Å². The molecule has 0 aliphatic rings. The highest BCUT2D eigenvalue weighted by atomic mass is 19.4. The molecule has 0 aliphatic heterocycles. The number of rotatable bonds is 3. The van der Waals surface area contributed by atoms with Crippen molar-refractivity contribution in [3.63, 3.8) is 0 Å². The van der Waals surface area contributed by atoms with E-state index in [0.717, 1.165) is 11.1 Å². The van der Waals surface area contributed by atoms with E-state index in [4.69, 9.17) is 0 Å². The molecule has 0 bridgehead atoms. The minimum Gasteiger partial charge on any atom is -0.171 e. The van der Waals surface area contributed by atoms with Crippen molar-refractivity contribution in [1.29, 1.82) is 0 Å². The number of hydrogen-bond acceptors (Lipinski definition) is 0. The number of alkyl halides is 3. The van der Waals surface area contributed by atoms with Crippen LogP contribution >= 0.6 is 0 Å². The first kappa shape index (κ1) is 11.1. The standard InChI is InChI=1S/C11H12F3/c1-9-4-2-5-10(8-9)6-3-7-11(12,13)14/h2,4-6,8H,3,7H2,1H3. The molecule has 0 atom stereocenters. The zero-order valence-electron chi connectivity index (χ0n) is 7.93. The minimum absolute atomic E-state index is 0.0486. The lowest BCUT2D eigenvalue weighted by atomic mass is 10.1. The van der Waals surface area contributed by atoms with Crippen LogP contribution in [0.1, 0.15) is 24.0 Å². The summed E-state index contributed by atoms with van der Waals surface area (Å²) in [6, 6.07) is 7.44. The Morgan fingerprint density at radius 3 is 2.57 bits per heavy atom. The third kappa shape index (κ3) is 4.30. The molecule has 14 heavy (non-hydrogen) atoms. The molecule has 0 aromatic heterocycles. The van der Waals surface area contributed by atoms with Gasteiger partial charge in [0.1, 0.15) is 0 Å². The van der Waals surface area contributed by atoms with Crippen LogP contribution in [0.5, 0.6) is 0 Å². The molecule has 0 N–H and O–H groups in total. The zero-order chi connectivity index (χ0) is 10.6. The van der Waals surface area contributed by atoms with Crippen molar-refractivity contribution in [1.82, 2.24) is 0 Å². The maximum Gasteiger partial charge on any atom is 0.389 e. The second-order valence-corrected chi connectivity index (χ2v) is 3.27. The molecule has 0 unspecified atom stereocenters. The first-order valence-electron chi connectivity index (χ1n) is 4.44. The largest absolute Gasteiger partial charge is 0.389 e. The monoisotopic (exact) mass is 201 g/mol. The maximum atomic E-state index is 11.8. The van der Waals surface area contributed by atoms with Crippen molar-refractivity contribution in [3.8, 4) is 0 Å². The Labute approximate surface area is 81.8 Å². The van der Waals surface area contributed by atoms with Crippen molar-refractivity contribution >= 4 is 0 Å². The summed E-state index contributed by atoms with van der Waals surface area (Å²) in [6.45, 7) is 1.92. The van der Waals surface area contributed by atoms with Crippen molar-refractivity contribution in [2.75, 3.05) is 0 Å². The second kappa shape index (κ2) is 4.49. The Hall–Kier alpha value is -0.990. The van der Waals surface area contributed by atoms with Crippen molar-refractivity contribution in [3.05, 3.63) is 41.8 Å². The van der Waals surface area contributed by atoms with Crippen LogP contribution in [0.3, 0.4) is 0 Å². The van der Waals surface area contributed by atoms with E-state index in [2.05, 4.69) is 0 Å². The van der Waals surface area contributed by atoms with Gasteiger partial charge in [0.05, 0.1) is 0 Å². The summed E-state index contributed by atoms with van der Waals surface area (Å²) in [5.41, 5.74) is 1.92. The Kier molecular flexibility index (Phi) is 3.55. The molecule has 77 valence electrons. The fourth-order valence-electron chi connectivity index (χ4n) is 1.20. The van der Waals surface area contributed by atoms with Gasteiger partial charge in [-0.05, 0) is 25.3 Å². The Morgan fingerprint density at radius 2 is 2.00 bits per heavy atom. The molecule has 0 saturated heterocycles. The van der Waals surface area contributed by atoms with Gasteiger partial charge in [0, 0.05) is 6.42 Å². The summed E-state index contributed by atoms with van der Waals surface area (Å²) in [5, 5.41) is 0.